The summed E-state index contributed by atoms with van der Waals surface area (Å²) in [6.45, 7) is 1.83. The number of hydrogen-bond acceptors (Lipinski definition) is 3. The SMILES string of the molecule is C/C=C/C=C/C(=O)O.O=C([O-])c1ccccc1.[Li+]. The molecule has 0 saturated carbocycles. The van der Waals surface area contributed by atoms with E-state index < -0.39 is 11.9 Å². The molecule has 1 N–H and O–H groups in total. The van der Waals surface area contributed by atoms with Gasteiger partial charge >= 0.3 is 24.8 Å². The molecule has 0 atom stereocenters. The fourth-order valence-electron chi connectivity index (χ4n) is 0.823. The van der Waals surface area contributed by atoms with E-state index in [-0.39, 0.29) is 24.4 Å². The predicted molar refractivity (Wildman–Crippen MR) is 62.4 cm³/mol. The van der Waals surface area contributed by atoms with Crippen molar-refractivity contribution in [3.63, 3.8) is 0 Å². The van der Waals surface area contributed by atoms with Gasteiger partial charge in [0, 0.05) is 6.08 Å². The van der Waals surface area contributed by atoms with E-state index in [0.29, 0.717) is 0 Å². The van der Waals surface area contributed by atoms with Gasteiger partial charge in [-0.2, -0.15) is 0 Å². The summed E-state index contributed by atoms with van der Waals surface area (Å²) in [6.07, 6.45) is 5.98. The third-order valence-electron chi connectivity index (χ3n) is 1.55. The zero-order chi connectivity index (χ0) is 13.1. The number of aliphatic carboxylic acids is 1. The van der Waals surface area contributed by atoms with Crippen molar-refractivity contribution in [2.45, 2.75) is 6.92 Å². The minimum absolute atomic E-state index is 0. The molecule has 0 amide bonds. The van der Waals surface area contributed by atoms with Crippen molar-refractivity contribution in [1.29, 1.82) is 0 Å². The Morgan fingerprint density at radius 2 is 1.72 bits per heavy atom. The molecule has 1 rings (SSSR count). The summed E-state index contributed by atoms with van der Waals surface area (Å²) in [6, 6.07) is 8.06. The number of aromatic carboxylic acids is 1. The van der Waals surface area contributed by atoms with Crippen molar-refractivity contribution in [3.05, 3.63) is 60.2 Å². The Morgan fingerprint density at radius 3 is 2.06 bits per heavy atom. The maximum absolute atomic E-state index is 10.1. The molecule has 90 valence electrons. The minimum atomic E-state index is -1.13. The Hall–Kier alpha value is -1.76. The zero-order valence-corrected chi connectivity index (χ0v) is 10.4. The summed E-state index contributed by atoms with van der Waals surface area (Å²) < 4.78 is 0. The van der Waals surface area contributed by atoms with E-state index in [1.165, 1.54) is 18.2 Å². The summed E-state index contributed by atoms with van der Waals surface area (Å²) in [5, 5.41) is 18.1. The zero-order valence-electron chi connectivity index (χ0n) is 10.4. The molecule has 0 aliphatic heterocycles. The molecular weight excluding hydrogens is 227 g/mol. The van der Waals surface area contributed by atoms with Gasteiger partial charge in [-0.3, -0.25) is 0 Å². The fraction of sp³-hybridized carbons (Fsp3) is 0.0769. The number of allylic oxidation sites excluding steroid dienone is 3. The number of carboxylic acid groups (broad SMARTS) is 2. The third-order valence-corrected chi connectivity index (χ3v) is 1.55. The molecule has 4 nitrogen and oxygen atoms in total. The van der Waals surface area contributed by atoms with Gasteiger partial charge in [0.05, 0.1) is 5.97 Å². The molecule has 1 aromatic rings. The van der Waals surface area contributed by atoms with Crippen LogP contribution in [0.25, 0.3) is 0 Å². The number of carboxylic acids is 2. The first-order valence-electron chi connectivity index (χ1n) is 4.86. The van der Waals surface area contributed by atoms with E-state index in [0.717, 1.165) is 6.08 Å². The van der Waals surface area contributed by atoms with Crippen LogP contribution in [-0.2, 0) is 4.79 Å². The van der Waals surface area contributed by atoms with Crippen LogP contribution in [0.15, 0.2) is 54.6 Å². The smallest absolute Gasteiger partial charge is 0.545 e. The Balaban J connectivity index is 0. The molecule has 0 bridgehead atoms. The van der Waals surface area contributed by atoms with Crippen molar-refractivity contribution in [2.24, 2.45) is 0 Å². The van der Waals surface area contributed by atoms with Gasteiger partial charge in [-0.25, -0.2) is 4.79 Å². The van der Waals surface area contributed by atoms with Gasteiger partial charge in [0.25, 0.3) is 0 Å². The third kappa shape index (κ3) is 10.7. The number of carbonyl (C=O) groups excluding carboxylic acids is 1. The number of rotatable bonds is 3. The van der Waals surface area contributed by atoms with Crippen LogP contribution in [0, 0.1) is 0 Å². The molecular formula is C13H13LiO4. The summed E-state index contributed by atoms with van der Waals surface area (Å²) in [5.41, 5.74) is 0.220. The Kier molecular flexibility index (Phi) is 12.1. The Bertz CT molecular complexity index is 410. The molecule has 0 saturated heterocycles. The van der Waals surface area contributed by atoms with Crippen LogP contribution in [0.5, 0.6) is 0 Å². The van der Waals surface area contributed by atoms with E-state index in [1.807, 2.05) is 6.92 Å². The first kappa shape index (κ1) is 18.6. The Morgan fingerprint density at radius 1 is 1.17 bits per heavy atom. The van der Waals surface area contributed by atoms with Crippen molar-refractivity contribution >= 4 is 11.9 Å². The van der Waals surface area contributed by atoms with Crippen LogP contribution < -0.4 is 24.0 Å². The van der Waals surface area contributed by atoms with Gasteiger partial charge in [0.2, 0.25) is 0 Å². The molecule has 0 aliphatic carbocycles. The molecule has 0 aromatic heterocycles. The van der Waals surface area contributed by atoms with Crippen molar-refractivity contribution < 1.29 is 38.7 Å². The molecule has 5 heteroatoms. The van der Waals surface area contributed by atoms with Crippen LogP contribution >= 0.6 is 0 Å². The van der Waals surface area contributed by atoms with Gasteiger partial charge in [-0.1, -0.05) is 48.6 Å². The maximum Gasteiger partial charge on any atom is 1.00 e. The second-order valence-electron chi connectivity index (χ2n) is 2.88. The standard InChI is InChI=1S/C7H6O2.C6H8O2.Li/c8-7(9)6-4-2-1-3-5-6;1-2-3-4-5-6(7)8;/h1-5H,(H,8,9);2-5H,1H3,(H,7,8);/q;;+1/p-1/b;3-2+,5-4+;. The largest absolute Gasteiger partial charge is 1.00 e. The molecule has 0 fully saturated rings. The molecule has 0 radical (unpaired) electrons. The first-order valence-corrected chi connectivity index (χ1v) is 4.86. The maximum atomic E-state index is 10.1. The second-order valence-corrected chi connectivity index (χ2v) is 2.88. The van der Waals surface area contributed by atoms with Crippen molar-refractivity contribution in [3.8, 4) is 0 Å². The summed E-state index contributed by atoms with van der Waals surface area (Å²) in [7, 11) is 0. The summed E-state index contributed by atoms with van der Waals surface area (Å²) in [5.74, 6) is -2.04. The van der Waals surface area contributed by atoms with E-state index in [9.17, 15) is 14.7 Å². The molecule has 0 aliphatic rings. The van der Waals surface area contributed by atoms with Gasteiger partial charge in [-0.15, -0.1) is 0 Å². The van der Waals surface area contributed by atoms with Crippen LogP contribution in [0.1, 0.15) is 17.3 Å². The normalized spacial score (nSPS) is 9.39. The molecule has 0 heterocycles. The molecule has 18 heavy (non-hydrogen) atoms. The van der Waals surface area contributed by atoms with E-state index >= 15 is 0 Å². The quantitative estimate of drug-likeness (QED) is 0.386. The summed E-state index contributed by atoms with van der Waals surface area (Å²) in [4.78, 5) is 19.8. The van der Waals surface area contributed by atoms with Crippen molar-refractivity contribution in [2.75, 3.05) is 0 Å². The number of hydrogen-bond donors (Lipinski definition) is 1. The van der Waals surface area contributed by atoms with Gasteiger partial charge in [0.15, 0.2) is 0 Å². The van der Waals surface area contributed by atoms with Gasteiger partial charge in [0.1, 0.15) is 0 Å². The number of carbonyl (C=O) groups is 2. The van der Waals surface area contributed by atoms with E-state index in [4.69, 9.17) is 5.11 Å². The average molecular weight is 240 g/mol. The van der Waals surface area contributed by atoms with Crippen LogP contribution in [-0.4, -0.2) is 17.0 Å². The molecule has 0 unspecified atom stereocenters. The van der Waals surface area contributed by atoms with E-state index in [1.54, 1.807) is 30.4 Å². The van der Waals surface area contributed by atoms with Gasteiger partial charge < -0.3 is 15.0 Å². The first-order chi connectivity index (χ1) is 8.07. The molecule has 1 aromatic carbocycles. The minimum Gasteiger partial charge on any atom is -0.545 e. The average Bonchev–Trinajstić information content (AvgIpc) is 2.31. The Labute approximate surface area is 118 Å². The van der Waals surface area contributed by atoms with Crippen LogP contribution in [0.4, 0.5) is 0 Å². The summed E-state index contributed by atoms with van der Waals surface area (Å²) >= 11 is 0. The monoisotopic (exact) mass is 240 g/mol. The van der Waals surface area contributed by atoms with E-state index in [2.05, 4.69) is 0 Å². The fourth-order valence-corrected chi connectivity index (χ4v) is 0.823. The van der Waals surface area contributed by atoms with Crippen LogP contribution in [0.3, 0.4) is 0 Å². The van der Waals surface area contributed by atoms with Crippen LogP contribution in [0.2, 0.25) is 0 Å². The molecule has 0 spiro atoms. The topological polar surface area (TPSA) is 77.4 Å². The predicted octanol–water partition coefficient (Wildman–Crippen LogP) is -1.74. The van der Waals surface area contributed by atoms with Crippen molar-refractivity contribution in [1.82, 2.24) is 0 Å². The second kappa shape index (κ2) is 11.7. The number of benzene rings is 1. The van der Waals surface area contributed by atoms with Gasteiger partial charge in [-0.05, 0) is 12.5 Å².